The summed E-state index contributed by atoms with van der Waals surface area (Å²) in [7, 11) is 0. The predicted octanol–water partition coefficient (Wildman–Crippen LogP) is 2.14. The number of aromatic nitrogens is 2. The summed E-state index contributed by atoms with van der Waals surface area (Å²) >= 11 is 0. The molecule has 24 heavy (non-hydrogen) atoms. The van der Waals surface area contributed by atoms with E-state index in [1.54, 1.807) is 12.1 Å². The minimum absolute atomic E-state index is 0.0383. The molecule has 3 aromatic rings. The van der Waals surface area contributed by atoms with E-state index in [0.717, 1.165) is 0 Å². The van der Waals surface area contributed by atoms with E-state index in [0.29, 0.717) is 10.8 Å². The Bertz CT molecular complexity index is 1250. The van der Waals surface area contributed by atoms with Crippen LogP contribution < -0.4 is 0 Å². The van der Waals surface area contributed by atoms with Gasteiger partial charge in [-0.1, -0.05) is 0 Å². The van der Waals surface area contributed by atoms with E-state index in [1.165, 1.54) is 12.4 Å². The van der Waals surface area contributed by atoms with Crippen molar-refractivity contribution in [3.63, 3.8) is 0 Å². The van der Waals surface area contributed by atoms with E-state index >= 15 is 0 Å². The standard InChI is InChI=1S/C17H3N7/c18-3-10-11(4-19)17-15(7-22)24-14(6-21)12(5-20)16(17)9-1-2-23-8-13(9)10/h1-2,8H. The van der Waals surface area contributed by atoms with Crippen molar-refractivity contribution in [3.05, 3.63) is 46.5 Å². The van der Waals surface area contributed by atoms with Gasteiger partial charge in [-0.3, -0.25) is 4.98 Å². The molecule has 1 aromatic carbocycles. The minimum Gasteiger partial charge on any atom is -0.264 e. The zero-order valence-electron chi connectivity index (χ0n) is 11.9. The van der Waals surface area contributed by atoms with Crippen LogP contribution in [0.5, 0.6) is 0 Å². The molecule has 0 fully saturated rings. The maximum absolute atomic E-state index is 9.51. The van der Waals surface area contributed by atoms with Crippen molar-refractivity contribution in [1.29, 1.82) is 26.3 Å². The summed E-state index contributed by atoms with van der Waals surface area (Å²) in [6.07, 6.45) is 2.88. The van der Waals surface area contributed by atoms with Crippen molar-refractivity contribution in [2.45, 2.75) is 0 Å². The lowest BCUT2D eigenvalue weighted by atomic mass is 9.90. The Morgan fingerprint density at radius 1 is 0.667 bits per heavy atom. The second-order valence-electron chi connectivity index (χ2n) is 4.66. The van der Waals surface area contributed by atoms with Crippen LogP contribution in [0.2, 0.25) is 0 Å². The van der Waals surface area contributed by atoms with Crippen LogP contribution in [0.3, 0.4) is 0 Å². The van der Waals surface area contributed by atoms with Gasteiger partial charge in [0.2, 0.25) is 0 Å². The maximum Gasteiger partial charge on any atom is 0.160 e. The van der Waals surface area contributed by atoms with Gasteiger partial charge in [0.05, 0.1) is 16.7 Å². The first-order chi connectivity index (χ1) is 11.7. The van der Waals surface area contributed by atoms with Crippen molar-refractivity contribution >= 4 is 21.5 Å². The highest BCUT2D eigenvalue weighted by molar-refractivity contribution is 6.16. The Morgan fingerprint density at radius 2 is 1.33 bits per heavy atom. The fourth-order valence-electron chi connectivity index (χ4n) is 2.67. The molecule has 7 nitrogen and oxygen atoms in total. The summed E-state index contributed by atoms with van der Waals surface area (Å²) < 4.78 is 0. The lowest BCUT2D eigenvalue weighted by Crippen LogP contribution is -2.01. The molecule has 0 radical (unpaired) electrons. The molecular formula is C17H3N7. The van der Waals surface area contributed by atoms with Crippen LogP contribution in [0.1, 0.15) is 28.1 Å². The van der Waals surface area contributed by atoms with Crippen molar-refractivity contribution in [3.8, 4) is 30.3 Å². The molecule has 0 amide bonds. The molecule has 0 saturated heterocycles. The molecule has 0 atom stereocenters. The molecule has 0 aliphatic carbocycles. The number of fused-ring (bicyclic) bond motifs is 3. The van der Waals surface area contributed by atoms with Gasteiger partial charge in [-0.2, -0.15) is 26.3 Å². The Kier molecular flexibility index (Phi) is 3.22. The van der Waals surface area contributed by atoms with Crippen molar-refractivity contribution in [1.82, 2.24) is 9.97 Å². The summed E-state index contributed by atoms with van der Waals surface area (Å²) in [4.78, 5) is 7.83. The summed E-state index contributed by atoms with van der Waals surface area (Å²) in [5.74, 6) is 0. The van der Waals surface area contributed by atoms with E-state index in [9.17, 15) is 26.3 Å². The lowest BCUT2D eigenvalue weighted by Gasteiger charge is -2.11. The molecule has 0 bridgehead atoms. The van der Waals surface area contributed by atoms with Crippen LogP contribution in [-0.2, 0) is 0 Å². The zero-order valence-corrected chi connectivity index (χ0v) is 11.9. The minimum atomic E-state index is -0.201. The van der Waals surface area contributed by atoms with Gasteiger partial charge >= 0.3 is 0 Å². The summed E-state index contributed by atoms with van der Waals surface area (Å²) in [5, 5.41) is 48.2. The molecular weight excluding hydrogens is 302 g/mol. The average molecular weight is 305 g/mol. The predicted molar refractivity (Wildman–Crippen MR) is 80.6 cm³/mol. The second kappa shape index (κ2) is 5.36. The molecule has 0 aliphatic rings. The monoisotopic (exact) mass is 305 g/mol. The van der Waals surface area contributed by atoms with Crippen LogP contribution in [0.15, 0.2) is 18.5 Å². The quantitative estimate of drug-likeness (QED) is 0.578. The third-order valence-corrected chi connectivity index (χ3v) is 3.60. The van der Waals surface area contributed by atoms with Crippen LogP contribution in [0, 0.1) is 56.7 Å². The van der Waals surface area contributed by atoms with E-state index in [2.05, 4.69) is 9.97 Å². The van der Waals surface area contributed by atoms with Crippen molar-refractivity contribution in [2.75, 3.05) is 0 Å². The SMILES string of the molecule is N#Cc1nc(C#N)c2c(C#N)c(C#N)c3cnccc3c2c1C#N. The Hall–Kier alpha value is -4.51. The van der Waals surface area contributed by atoms with Gasteiger partial charge in [-0.25, -0.2) is 4.98 Å². The topological polar surface area (TPSA) is 145 Å². The number of nitriles is 5. The van der Waals surface area contributed by atoms with Gasteiger partial charge in [0.15, 0.2) is 11.4 Å². The molecule has 3 rings (SSSR count). The molecule has 106 valence electrons. The number of rotatable bonds is 0. The van der Waals surface area contributed by atoms with E-state index in [1.807, 2.05) is 24.3 Å². The highest BCUT2D eigenvalue weighted by Gasteiger charge is 2.23. The molecule has 7 heteroatoms. The second-order valence-corrected chi connectivity index (χ2v) is 4.66. The fourth-order valence-corrected chi connectivity index (χ4v) is 2.67. The molecule has 2 aromatic heterocycles. The van der Waals surface area contributed by atoms with Gasteiger partial charge in [-0.15, -0.1) is 0 Å². The third-order valence-electron chi connectivity index (χ3n) is 3.60. The zero-order chi connectivity index (χ0) is 17.3. The molecule has 0 N–H and O–H groups in total. The molecule has 2 heterocycles. The number of pyridine rings is 2. The number of nitrogens with zero attached hydrogens (tertiary/aromatic N) is 7. The first kappa shape index (κ1) is 14.4. The van der Waals surface area contributed by atoms with E-state index < -0.39 is 0 Å². The fraction of sp³-hybridized carbons (Fsp3) is 0. The summed E-state index contributed by atoms with van der Waals surface area (Å²) in [6.45, 7) is 0. The van der Waals surface area contributed by atoms with Gasteiger partial charge < -0.3 is 0 Å². The van der Waals surface area contributed by atoms with Crippen LogP contribution in [-0.4, -0.2) is 9.97 Å². The first-order valence-electron chi connectivity index (χ1n) is 6.49. The average Bonchev–Trinajstić information content (AvgIpc) is 2.65. The normalized spacial score (nSPS) is 9.46. The third kappa shape index (κ3) is 1.73. The number of benzene rings is 1. The summed E-state index contributed by atoms with van der Waals surface area (Å²) in [6, 6.07) is 11.0. The van der Waals surface area contributed by atoms with Crippen LogP contribution in [0.25, 0.3) is 21.5 Å². The van der Waals surface area contributed by atoms with E-state index in [4.69, 9.17) is 0 Å². The Balaban J connectivity index is 2.88. The summed E-state index contributed by atoms with van der Waals surface area (Å²) in [5.41, 5.74) is -0.415. The Morgan fingerprint density at radius 3 is 1.92 bits per heavy atom. The van der Waals surface area contributed by atoms with Crippen molar-refractivity contribution in [2.24, 2.45) is 0 Å². The first-order valence-corrected chi connectivity index (χ1v) is 6.49. The lowest BCUT2D eigenvalue weighted by molar-refractivity contribution is 1.23. The number of hydrogen-bond acceptors (Lipinski definition) is 7. The Labute approximate surface area is 135 Å². The van der Waals surface area contributed by atoms with Crippen LogP contribution >= 0.6 is 0 Å². The van der Waals surface area contributed by atoms with E-state index in [-0.39, 0.29) is 38.9 Å². The highest BCUT2D eigenvalue weighted by Crippen LogP contribution is 2.36. The molecule has 0 spiro atoms. The largest absolute Gasteiger partial charge is 0.264 e. The van der Waals surface area contributed by atoms with Crippen LogP contribution in [0.4, 0.5) is 0 Å². The maximum atomic E-state index is 9.51. The molecule has 0 saturated carbocycles. The highest BCUT2D eigenvalue weighted by atomic mass is 14.7. The van der Waals surface area contributed by atoms with Gasteiger partial charge in [0.1, 0.15) is 30.3 Å². The van der Waals surface area contributed by atoms with Crippen molar-refractivity contribution < 1.29 is 0 Å². The smallest absolute Gasteiger partial charge is 0.160 e. The molecule has 0 aliphatic heterocycles. The van der Waals surface area contributed by atoms with Gasteiger partial charge in [0, 0.05) is 28.6 Å². The number of hydrogen-bond donors (Lipinski definition) is 0. The van der Waals surface area contributed by atoms with Gasteiger partial charge in [0.25, 0.3) is 0 Å². The van der Waals surface area contributed by atoms with Gasteiger partial charge in [-0.05, 0) is 11.5 Å². The molecule has 0 unspecified atom stereocenters.